The summed E-state index contributed by atoms with van der Waals surface area (Å²) in [6, 6.07) is 0. The molecule has 0 unspecified atom stereocenters. The van der Waals surface area contributed by atoms with E-state index >= 15 is 0 Å². The summed E-state index contributed by atoms with van der Waals surface area (Å²) < 4.78 is 45.0. The molecular formula is C16H25LiO9S. The summed E-state index contributed by atoms with van der Waals surface area (Å²) in [5, 5.41) is 0. The van der Waals surface area contributed by atoms with E-state index in [1.54, 1.807) is 6.92 Å². The summed E-state index contributed by atoms with van der Waals surface area (Å²) in [7, 11) is -4.32. The van der Waals surface area contributed by atoms with Gasteiger partial charge in [-0.3, -0.25) is 9.35 Å². The molecule has 0 atom stereocenters. The minimum atomic E-state index is -4.32. The van der Waals surface area contributed by atoms with Crippen LogP contribution in [0.3, 0.4) is 0 Å². The molecule has 150 valence electrons. The van der Waals surface area contributed by atoms with Crippen molar-refractivity contribution < 1.29 is 61.9 Å². The van der Waals surface area contributed by atoms with E-state index in [1.807, 2.05) is 0 Å². The molecule has 0 amide bonds. The average Bonchev–Trinajstić information content (AvgIpc) is 2.53. The second kappa shape index (κ2) is 12.0. The molecule has 0 saturated carbocycles. The molecule has 1 N–H and O–H groups in total. The predicted octanol–water partition coefficient (Wildman–Crippen LogP) is -1.83. The molecule has 27 heavy (non-hydrogen) atoms. The first-order valence-electron chi connectivity index (χ1n) is 7.62. The van der Waals surface area contributed by atoms with Gasteiger partial charge in [0.1, 0.15) is 31.0 Å². The van der Waals surface area contributed by atoms with Gasteiger partial charge in [0.05, 0.1) is 0 Å². The van der Waals surface area contributed by atoms with E-state index in [0.29, 0.717) is 0 Å². The average molecular weight is 400 g/mol. The van der Waals surface area contributed by atoms with Gasteiger partial charge in [0.15, 0.2) is 0 Å². The number of hydrogen-bond donors (Lipinski definition) is 1. The summed E-state index contributed by atoms with van der Waals surface area (Å²) in [6.07, 6.45) is 0.0602. The quantitative estimate of drug-likeness (QED) is 0.140. The number of esters is 3. The van der Waals surface area contributed by atoms with Gasteiger partial charge in [0.25, 0.3) is 10.1 Å². The Morgan fingerprint density at radius 1 is 1.00 bits per heavy atom. The molecular weight excluding hydrogens is 375 g/mol. The fourth-order valence-electron chi connectivity index (χ4n) is 1.55. The van der Waals surface area contributed by atoms with Crippen LogP contribution in [0.2, 0.25) is 0 Å². The number of rotatable bonds is 11. The Bertz CT molecular complexity index is 658. The second-order valence-electron chi connectivity index (χ2n) is 5.77. The fraction of sp³-hybridized carbons (Fsp3) is 0.562. The molecule has 0 aromatic rings. The number of ether oxygens (including phenoxy) is 3. The molecule has 0 aromatic carbocycles. The molecule has 0 saturated heterocycles. The van der Waals surface area contributed by atoms with Crippen LogP contribution >= 0.6 is 0 Å². The van der Waals surface area contributed by atoms with Crippen molar-refractivity contribution in [3.8, 4) is 0 Å². The van der Waals surface area contributed by atoms with E-state index in [2.05, 4.69) is 13.2 Å². The molecule has 0 bridgehead atoms. The maximum absolute atomic E-state index is 12.4. The van der Waals surface area contributed by atoms with Crippen molar-refractivity contribution in [2.45, 2.75) is 27.2 Å². The third-order valence-corrected chi connectivity index (χ3v) is 4.02. The van der Waals surface area contributed by atoms with Crippen LogP contribution in [0.25, 0.3) is 0 Å². The van der Waals surface area contributed by atoms with Gasteiger partial charge in [-0.1, -0.05) is 20.1 Å². The van der Waals surface area contributed by atoms with E-state index in [1.165, 1.54) is 13.8 Å². The van der Waals surface area contributed by atoms with Gasteiger partial charge in [-0.25, -0.2) is 9.59 Å². The van der Waals surface area contributed by atoms with Crippen LogP contribution in [0.4, 0.5) is 0 Å². The van der Waals surface area contributed by atoms with Gasteiger partial charge in [-0.2, -0.15) is 8.42 Å². The number of hydrogen-bond acceptors (Lipinski definition) is 8. The van der Waals surface area contributed by atoms with Gasteiger partial charge < -0.3 is 15.6 Å². The molecule has 0 aliphatic carbocycles. The van der Waals surface area contributed by atoms with Crippen molar-refractivity contribution in [3.05, 3.63) is 24.3 Å². The number of carbonyl (C=O) groups is 3. The zero-order valence-corrected chi connectivity index (χ0v) is 16.9. The van der Waals surface area contributed by atoms with Gasteiger partial charge in [-0.05, 0) is 20.3 Å². The SMILES string of the molecule is C=C(C)C(=O)OCC(CC)(COC(=O)C(=C)C)C(=O)OCCS(=O)(=O)O.[H-].[Li+]. The van der Waals surface area contributed by atoms with Crippen molar-refractivity contribution in [1.82, 2.24) is 0 Å². The maximum atomic E-state index is 12.4. The zero-order chi connectivity index (χ0) is 20.5. The van der Waals surface area contributed by atoms with E-state index in [-0.39, 0.29) is 37.9 Å². The largest absolute Gasteiger partial charge is 1.00 e. The normalized spacial score (nSPS) is 11.0. The summed E-state index contributed by atoms with van der Waals surface area (Å²) in [5.41, 5.74) is -1.34. The Balaban J connectivity index is -0.00000312. The summed E-state index contributed by atoms with van der Waals surface area (Å²) in [4.78, 5) is 35.6. The molecule has 0 fully saturated rings. The molecule has 0 radical (unpaired) electrons. The summed E-state index contributed by atoms with van der Waals surface area (Å²) >= 11 is 0. The molecule has 0 aromatic heterocycles. The van der Waals surface area contributed by atoms with Crippen LogP contribution in [0.5, 0.6) is 0 Å². The van der Waals surface area contributed by atoms with E-state index in [9.17, 15) is 22.8 Å². The maximum Gasteiger partial charge on any atom is 1.00 e. The van der Waals surface area contributed by atoms with E-state index in [4.69, 9.17) is 18.8 Å². The van der Waals surface area contributed by atoms with Crippen LogP contribution < -0.4 is 18.9 Å². The minimum Gasteiger partial charge on any atom is -1.00 e. The minimum absolute atomic E-state index is 0. The summed E-state index contributed by atoms with van der Waals surface area (Å²) in [5.74, 6) is -3.23. The predicted molar refractivity (Wildman–Crippen MR) is 92.8 cm³/mol. The Hall–Kier alpha value is -1.60. The van der Waals surface area contributed by atoms with Crippen molar-refractivity contribution in [2.24, 2.45) is 5.41 Å². The van der Waals surface area contributed by atoms with Crippen molar-refractivity contribution in [2.75, 3.05) is 25.6 Å². The third-order valence-electron chi connectivity index (χ3n) is 3.34. The zero-order valence-electron chi connectivity index (χ0n) is 17.1. The van der Waals surface area contributed by atoms with E-state index < -0.39 is 59.0 Å². The van der Waals surface area contributed by atoms with Gasteiger partial charge in [0.2, 0.25) is 0 Å². The molecule has 0 rings (SSSR count). The number of carbonyl (C=O) groups excluding carboxylic acids is 3. The van der Waals surface area contributed by atoms with Crippen LogP contribution in [0, 0.1) is 5.41 Å². The Kier molecular flexibility index (Phi) is 12.2. The van der Waals surface area contributed by atoms with E-state index in [0.717, 1.165) is 0 Å². The first kappa shape index (κ1) is 27.6. The molecule has 0 heterocycles. The topological polar surface area (TPSA) is 133 Å². The Morgan fingerprint density at radius 2 is 1.41 bits per heavy atom. The van der Waals surface area contributed by atoms with Crippen LogP contribution in [-0.4, -0.2) is 56.5 Å². The van der Waals surface area contributed by atoms with Crippen molar-refractivity contribution >= 4 is 28.0 Å². The molecule has 9 nitrogen and oxygen atoms in total. The first-order chi connectivity index (χ1) is 11.8. The molecule has 0 aliphatic rings. The molecule has 11 heteroatoms. The standard InChI is InChI=1S/C16H24O9S.Li.H/c1-6-16(9-24-13(17)11(2)3,10-25-14(18)12(4)5)15(19)23-7-8-26(20,21)22;;/h2,4,6-10H2,1,3,5H3,(H,20,21,22);;/q;+1;-1. The van der Waals surface area contributed by atoms with Gasteiger partial charge in [-0.15, -0.1) is 0 Å². The van der Waals surface area contributed by atoms with Gasteiger partial charge in [0, 0.05) is 11.1 Å². The molecule has 0 spiro atoms. The van der Waals surface area contributed by atoms with Crippen LogP contribution in [-0.2, 0) is 38.7 Å². The Labute approximate surface area is 172 Å². The smallest absolute Gasteiger partial charge is 1.00 e. The molecule has 0 aliphatic heterocycles. The summed E-state index contributed by atoms with van der Waals surface area (Å²) in [6.45, 7) is 9.70. The third kappa shape index (κ3) is 10.3. The van der Waals surface area contributed by atoms with Gasteiger partial charge >= 0.3 is 36.8 Å². The second-order valence-corrected chi connectivity index (χ2v) is 7.34. The first-order valence-corrected chi connectivity index (χ1v) is 9.23. The fourth-order valence-corrected chi connectivity index (χ4v) is 1.85. The Morgan fingerprint density at radius 3 is 1.70 bits per heavy atom. The van der Waals surface area contributed by atoms with Crippen molar-refractivity contribution in [1.29, 1.82) is 0 Å². The van der Waals surface area contributed by atoms with Crippen molar-refractivity contribution in [3.63, 3.8) is 0 Å². The monoisotopic (exact) mass is 400 g/mol. The van der Waals surface area contributed by atoms with Crippen LogP contribution in [0.1, 0.15) is 28.6 Å². The van der Waals surface area contributed by atoms with Crippen LogP contribution in [0.15, 0.2) is 24.3 Å².